The number of hydrogen-bond donors (Lipinski definition) is 3. The molecule has 180 valence electrons. The summed E-state index contributed by atoms with van der Waals surface area (Å²) in [4.78, 5) is 16.0. The topological polar surface area (TPSA) is 94.8 Å². The van der Waals surface area contributed by atoms with Gasteiger partial charge < -0.3 is 10.5 Å². The zero-order valence-electron chi connectivity index (χ0n) is 19.9. The van der Waals surface area contributed by atoms with E-state index in [1.807, 2.05) is 32.0 Å². The summed E-state index contributed by atoms with van der Waals surface area (Å²) < 4.78 is 28.9. The third-order valence-electron chi connectivity index (χ3n) is 5.93. The molecule has 4 rings (SSSR count). The minimum Gasteiger partial charge on any atom is -0.349 e. The van der Waals surface area contributed by atoms with Gasteiger partial charge in [-0.15, -0.1) is 0 Å². The van der Waals surface area contributed by atoms with Crippen LogP contribution in [0.4, 0.5) is 14.5 Å². The standard InChI is InChI=1S/C26H25F2N5O2/c1-5-26(27,28)20-10-7-11-21(13-20)31-25(34)23-17(4)30-24(33(23)35)19-9-6-8-18(12-19)22-15(2)14-29-32-16(22)3/h6-14,35H,5H2,1-4H3,(H,31,34)/p+1. The first-order valence-corrected chi connectivity index (χ1v) is 11.2. The highest BCUT2D eigenvalue weighted by Crippen LogP contribution is 2.33. The molecule has 0 aliphatic heterocycles. The number of nitrogens with zero attached hydrogens (tertiary/aromatic N) is 3. The third kappa shape index (κ3) is 4.62. The molecule has 7 nitrogen and oxygen atoms in total. The van der Waals surface area contributed by atoms with E-state index < -0.39 is 11.8 Å². The normalized spacial score (nSPS) is 11.5. The summed E-state index contributed by atoms with van der Waals surface area (Å²) in [6.07, 6.45) is 1.34. The van der Waals surface area contributed by atoms with Crippen molar-refractivity contribution in [1.29, 1.82) is 0 Å². The van der Waals surface area contributed by atoms with Crippen LogP contribution < -0.4 is 10.0 Å². The molecule has 0 aliphatic carbocycles. The van der Waals surface area contributed by atoms with Gasteiger partial charge in [-0.3, -0.25) is 4.79 Å². The van der Waals surface area contributed by atoms with Crippen LogP contribution >= 0.6 is 0 Å². The van der Waals surface area contributed by atoms with Gasteiger partial charge in [-0.2, -0.15) is 10.2 Å². The largest absolute Gasteiger partial charge is 0.349 e. The van der Waals surface area contributed by atoms with E-state index in [4.69, 9.17) is 0 Å². The predicted octanol–water partition coefficient (Wildman–Crippen LogP) is 5.34. The monoisotopic (exact) mass is 478 g/mol. The molecule has 0 saturated heterocycles. The Morgan fingerprint density at radius 2 is 1.83 bits per heavy atom. The van der Waals surface area contributed by atoms with E-state index >= 15 is 0 Å². The van der Waals surface area contributed by atoms with E-state index in [2.05, 4.69) is 20.5 Å². The smallest absolute Gasteiger partial charge is 0.327 e. The van der Waals surface area contributed by atoms with Crippen molar-refractivity contribution in [3.05, 3.63) is 82.9 Å². The number of benzene rings is 2. The maximum atomic E-state index is 14.1. The average molecular weight is 479 g/mol. The van der Waals surface area contributed by atoms with Crippen LogP contribution in [0, 0.1) is 20.8 Å². The van der Waals surface area contributed by atoms with Crippen LogP contribution in [0.5, 0.6) is 0 Å². The van der Waals surface area contributed by atoms with Gasteiger partial charge in [-0.25, -0.2) is 13.8 Å². The number of alkyl halides is 2. The quantitative estimate of drug-likeness (QED) is 0.257. The van der Waals surface area contributed by atoms with Crippen molar-refractivity contribution in [3.63, 3.8) is 0 Å². The van der Waals surface area contributed by atoms with E-state index in [1.54, 1.807) is 19.2 Å². The number of H-pyrrole nitrogens is 1. The van der Waals surface area contributed by atoms with Crippen LogP contribution in [0.15, 0.2) is 54.7 Å². The van der Waals surface area contributed by atoms with Gasteiger partial charge >= 0.3 is 11.7 Å². The molecule has 0 fully saturated rings. The van der Waals surface area contributed by atoms with Crippen molar-refractivity contribution < 1.29 is 23.5 Å². The lowest BCUT2D eigenvalue weighted by Gasteiger charge is -2.15. The van der Waals surface area contributed by atoms with Crippen LogP contribution in [0.3, 0.4) is 0 Å². The molecule has 0 spiro atoms. The molecular weight excluding hydrogens is 452 g/mol. The highest BCUT2D eigenvalue weighted by Gasteiger charge is 2.31. The second-order valence-electron chi connectivity index (χ2n) is 8.42. The summed E-state index contributed by atoms with van der Waals surface area (Å²) in [6, 6.07) is 13.0. The first-order chi connectivity index (χ1) is 16.6. The summed E-state index contributed by atoms with van der Waals surface area (Å²) in [5.74, 6) is -3.33. The molecule has 0 atom stereocenters. The van der Waals surface area contributed by atoms with E-state index in [0.717, 1.165) is 27.1 Å². The first-order valence-electron chi connectivity index (χ1n) is 11.2. The van der Waals surface area contributed by atoms with Crippen LogP contribution in [-0.2, 0) is 5.92 Å². The van der Waals surface area contributed by atoms with Gasteiger partial charge in [-0.1, -0.05) is 31.2 Å². The second-order valence-corrected chi connectivity index (χ2v) is 8.42. The molecule has 2 aromatic heterocycles. The van der Waals surface area contributed by atoms with Gasteiger partial charge in [0.05, 0.1) is 17.5 Å². The van der Waals surface area contributed by atoms with Crippen molar-refractivity contribution in [1.82, 2.24) is 15.2 Å². The van der Waals surface area contributed by atoms with E-state index in [1.165, 1.54) is 31.2 Å². The Kier molecular flexibility index (Phi) is 6.34. The Hall–Kier alpha value is -4.14. The Morgan fingerprint density at radius 1 is 1.11 bits per heavy atom. The number of halogens is 2. The van der Waals surface area contributed by atoms with E-state index in [0.29, 0.717) is 17.1 Å². The van der Waals surface area contributed by atoms with Crippen molar-refractivity contribution >= 4 is 11.6 Å². The van der Waals surface area contributed by atoms with Gasteiger partial charge in [0, 0.05) is 30.2 Å². The molecule has 0 unspecified atom stereocenters. The fourth-order valence-electron chi connectivity index (χ4n) is 4.10. The fourth-order valence-corrected chi connectivity index (χ4v) is 4.10. The highest BCUT2D eigenvalue weighted by molar-refractivity contribution is 6.02. The molecular formula is C26H26F2N5O2+. The number of carbonyl (C=O) groups is 1. The Balaban J connectivity index is 1.67. The number of aryl methyl sites for hydroxylation is 3. The highest BCUT2D eigenvalue weighted by atomic mass is 19.3. The minimum absolute atomic E-state index is 0.0315. The van der Waals surface area contributed by atoms with E-state index in [9.17, 15) is 18.8 Å². The van der Waals surface area contributed by atoms with Gasteiger partial charge in [0.1, 0.15) is 0 Å². The lowest BCUT2D eigenvalue weighted by Crippen LogP contribution is -2.39. The van der Waals surface area contributed by atoms with Gasteiger partial charge in [0.2, 0.25) is 0 Å². The Morgan fingerprint density at radius 3 is 2.54 bits per heavy atom. The zero-order valence-corrected chi connectivity index (χ0v) is 19.9. The van der Waals surface area contributed by atoms with Crippen LogP contribution in [0.1, 0.15) is 46.3 Å². The Bertz CT molecular complexity index is 1390. The van der Waals surface area contributed by atoms with Crippen LogP contribution in [-0.4, -0.2) is 26.3 Å². The zero-order chi connectivity index (χ0) is 25.3. The molecule has 2 aromatic carbocycles. The van der Waals surface area contributed by atoms with Crippen molar-refractivity contribution in [2.24, 2.45) is 0 Å². The molecule has 2 heterocycles. The summed E-state index contributed by atoms with van der Waals surface area (Å²) in [5.41, 5.74) is 4.62. The number of amides is 1. The molecule has 3 N–H and O–H groups in total. The first kappa shape index (κ1) is 24.0. The molecule has 0 radical (unpaired) electrons. The number of anilines is 1. The molecule has 4 aromatic rings. The average Bonchev–Trinajstić information content (AvgIpc) is 3.13. The lowest BCUT2D eigenvalue weighted by atomic mass is 9.99. The van der Waals surface area contributed by atoms with Crippen LogP contribution in [0.25, 0.3) is 22.5 Å². The molecule has 0 saturated carbocycles. The molecule has 0 aliphatic rings. The molecule has 35 heavy (non-hydrogen) atoms. The van der Waals surface area contributed by atoms with Gasteiger partial charge in [-0.05, 0) is 54.0 Å². The maximum absolute atomic E-state index is 14.1. The number of aromatic nitrogens is 4. The lowest BCUT2D eigenvalue weighted by molar-refractivity contribution is -0.896. The van der Waals surface area contributed by atoms with Crippen LogP contribution in [0.2, 0.25) is 0 Å². The summed E-state index contributed by atoms with van der Waals surface area (Å²) in [5, 5.41) is 21.6. The fraction of sp³-hybridized carbons (Fsp3) is 0.231. The SMILES string of the molecule is CCC(F)(F)c1cccc(NC(=O)c2c(C)[nH]c(-c3cccc(-c4c(C)cnnc4C)c3)[n+]2O)c1. The van der Waals surface area contributed by atoms with Gasteiger partial charge in [0.25, 0.3) is 11.6 Å². The molecule has 0 bridgehead atoms. The number of aromatic amines is 1. The number of hydrogen-bond acceptors (Lipinski definition) is 4. The number of carbonyl (C=O) groups excluding carboxylic acids is 1. The number of nitrogens with one attached hydrogen (secondary N) is 2. The number of imidazole rings is 1. The van der Waals surface area contributed by atoms with Crippen molar-refractivity contribution in [2.45, 2.75) is 40.0 Å². The Labute approximate surface area is 201 Å². The molecule has 1 amide bonds. The van der Waals surface area contributed by atoms with Gasteiger partial charge in [0.15, 0.2) is 5.69 Å². The summed E-state index contributed by atoms with van der Waals surface area (Å²) in [6.45, 7) is 6.87. The second kappa shape index (κ2) is 9.25. The van der Waals surface area contributed by atoms with Crippen molar-refractivity contribution in [2.75, 3.05) is 5.32 Å². The van der Waals surface area contributed by atoms with Crippen molar-refractivity contribution in [3.8, 4) is 22.5 Å². The van der Waals surface area contributed by atoms with E-state index in [-0.39, 0.29) is 23.4 Å². The number of rotatable bonds is 6. The molecule has 9 heteroatoms. The third-order valence-corrected chi connectivity index (χ3v) is 5.93. The predicted molar refractivity (Wildman–Crippen MR) is 127 cm³/mol. The maximum Gasteiger partial charge on any atom is 0.327 e. The summed E-state index contributed by atoms with van der Waals surface area (Å²) in [7, 11) is 0. The minimum atomic E-state index is -3.00. The summed E-state index contributed by atoms with van der Waals surface area (Å²) >= 11 is 0.